The van der Waals surface area contributed by atoms with Crippen LogP contribution in [0.15, 0.2) is 297 Å². The molecule has 6 nitrogen and oxygen atoms in total. The summed E-state index contributed by atoms with van der Waals surface area (Å²) in [5.41, 5.74) is -0.950. The van der Waals surface area contributed by atoms with Crippen molar-refractivity contribution >= 4 is 94.0 Å². The molecule has 0 N–H and O–H groups in total. The van der Waals surface area contributed by atoms with Gasteiger partial charge in [0.05, 0.1) is 68.6 Å². The molecule has 0 bridgehead atoms. The first-order chi connectivity index (χ1) is 54.6. The molecule has 2 aliphatic rings. The van der Waals surface area contributed by atoms with Crippen molar-refractivity contribution in [1.82, 2.24) is 24.1 Å². The Hall–Kier alpha value is -11.0. The molecule has 0 radical (unpaired) electrons. The van der Waals surface area contributed by atoms with Crippen molar-refractivity contribution < 1.29 is 45.9 Å². The fourth-order valence-electron chi connectivity index (χ4n) is 12.9. The van der Waals surface area contributed by atoms with Crippen LogP contribution in [0.3, 0.4) is 0 Å². The zero-order valence-electron chi connectivity index (χ0n) is 73.6. The van der Waals surface area contributed by atoms with E-state index < -0.39 is 277 Å². The first-order valence-electron chi connectivity index (χ1n) is 41.6. The van der Waals surface area contributed by atoms with Gasteiger partial charge in [-0.25, -0.2) is 0 Å². The van der Waals surface area contributed by atoms with Gasteiger partial charge >= 0.3 is 0 Å². The normalized spacial score (nSPS) is 18.1. The molecule has 0 amide bonds. The lowest BCUT2D eigenvalue weighted by molar-refractivity contribution is 0.442. The molecule has 1 spiro atoms. The van der Waals surface area contributed by atoms with E-state index in [2.05, 4.69) is 0 Å². The third-order valence-electron chi connectivity index (χ3n) is 16.3. The van der Waals surface area contributed by atoms with Crippen LogP contribution in [0.5, 0.6) is 11.5 Å². The van der Waals surface area contributed by atoms with Gasteiger partial charge in [0.1, 0.15) is 11.5 Å². The molecule has 0 saturated heterocycles. The fraction of sp³-hybridized carbons (Fsp3) is 0.0128. The summed E-state index contributed by atoms with van der Waals surface area (Å²) in [6, 6.07) is 4.98. The Morgan fingerprint density at radius 1 is 0.376 bits per heavy atom. The molecule has 396 valence electrons. The van der Waals surface area contributed by atoms with E-state index in [1.807, 2.05) is 97.1 Å². The molecule has 0 saturated carbocycles. The molecule has 1 aliphatic carbocycles. The average Bonchev–Trinajstić information content (AvgIpc) is 1.02. The van der Waals surface area contributed by atoms with Crippen molar-refractivity contribution in [3.8, 4) is 45.9 Å². The van der Waals surface area contributed by atoms with Gasteiger partial charge in [-0.3, -0.25) is 9.13 Å². The molecule has 3 aromatic heterocycles. The summed E-state index contributed by atoms with van der Waals surface area (Å²) in [5, 5.41) is -2.43. The summed E-state index contributed by atoms with van der Waals surface area (Å²) < 4.78 is 296. The SMILES string of the molecule is [2H]c1c([2H])c([2H])c([Si](c2ccc3c(c2)Oc2c(ccc4ccc5ccccc5c24)C32c3ccccc3-c3ccccc32)(c2c([2H])c([2H])c([2H])c([2H])c2[2H])c2c([2H])c([2H])c([2H])c(-c3nc(-n4c5c([2H])c([2H])c([2H])c([2H])c5c5c([2H])c([2H])c([2H])c([2H])c54)nc(-n4c5c([2H])c([2H])c([2H])c([2H])c5c5c([2H])c([2H])c([2H])c([2H])c54)n3)c2[2H])c([2H])c1[2H]. The van der Waals surface area contributed by atoms with Crippen molar-refractivity contribution in [3.05, 3.63) is 319 Å². The second-order valence-corrected chi connectivity index (χ2v) is 23.9. The molecule has 16 aromatic rings. The maximum Gasteiger partial charge on any atom is 0.240 e. The third kappa shape index (κ3) is 6.67. The predicted octanol–water partition coefficient (Wildman–Crippen LogP) is 15.9. The van der Waals surface area contributed by atoms with Crippen molar-refractivity contribution in [2.75, 3.05) is 0 Å². The number of para-hydroxylation sites is 4. The molecule has 85 heavy (non-hydrogen) atoms. The summed E-state index contributed by atoms with van der Waals surface area (Å²) in [6.45, 7) is 0. The highest BCUT2D eigenvalue weighted by Gasteiger charge is 2.52. The zero-order chi connectivity index (χ0) is 81.9. The molecule has 0 fully saturated rings. The first-order valence-corrected chi connectivity index (χ1v) is 28.6. The van der Waals surface area contributed by atoms with E-state index in [0.717, 1.165) is 42.2 Å². The van der Waals surface area contributed by atoms with Gasteiger partial charge in [0, 0.05) is 43.6 Å². The fourth-order valence-corrected chi connectivity index (χ4v) is 16.8. The Labute approximate surface area is 533 Å². The average molecular weight is 1130 g/mol. The number of nitrogens with zero attached hydrogens (tertiary/aromatic N) is 5. The Morgan fingerprint density at radius 2 is 0.859 bits per heavy atom. The first kappa shape index (κ1) is 26.9. The molecule has 0 unspecified atom stereocenters. The van der Waals surface area contributed by atoms with Crippen molar-refractivity contribution in [2.24, 2.45) is 0 Å². The molecule has 4 heterocycles. The molecular weight excluding hydrogens is 1050 g/mol. The molecule has 0 atom stereocenters. The molecule has 13 aromatic carbocycles. The Balaban J connectivity index is 1.06. The molecular formula is C78H49N5OSi. The lowest BCUT2D eigenvalue weighted by Crippen LogP contribution is -2.74. The van der Waals surface area contributed by atoms with Gasteiger partial charge < -0.3 is 4.74 Å². The maximum atomic E-state index is 11.2. The van der Waals surface area contributed by atoms with Gasteiger partial charge in [-0.15, -0.1) is 0 Å². The number of aromatic nitrogens is 5. The van der Waals surface area contributed by atoms with E-state index in [1.165, 1.54) is 12.1 Å². The van der Waals surface area contributed by atoms with Gasteiger partial charge in [0.15, 0.2) is 13.9 Å². The number of benzene rings is 13. The smallest absolute Gasteiger partial charge is 0.240 e. The third-order valence-corrected chi connectivity index (χ3v) is 20.5. The van der Waals surface area contributed by atoms with Crippen LogP contribution in [0.2, 0.25) is 0 Å². The van der Waals surface area contributed by atoms with Gasteiger partial charge in [-0.05, 0) is 89.4 Å². The van der Waals surface area contributed by atoms with Gasteiger partial charge in [0.25, 0.3) is 0 Å². The Bertz CT molecular complexity index is 6800. The van der Waals surface area contributed by atoms with E-state index in [-0.39, 0.29) is 10.9 Å². The highest BCUT2D eigenvalue weighted by molar-refractivity contribution is 7.20. The van der Waals surface area contributed by atoms with Gasteiger partial charge in [-0.2, -0.15) is 15.0 Å². The van der Waals surface area contributed by atoms with Crippen LogP contribution < -0.4 is 25.5 Å². The molecule has 1 aliphatic heterocycles. The van der Waals surface area contributed by atoms with Crippen molar-refractivity contribution in [2.45, 2.75) is 5.41 Å². The van der Waals surface area contributed by atoms with Crippen molar-refractivity contribution in [1.29, 1.82) is 0 Å². The number of fused-ring (bicyclic) bond motifs is 19. The largest absolute Gasteiger partial charge is 0.456 e. The lowest BCUT2D eigenvalue weighted by Gasteiger charge is -2.41. The zero-order valence-corrected chi connectivity index (χ0v) is 44.6. The van der Waals surface area contributed by atoms with E-state index in [4.69, 9.17) is 33.4 Å². The van der Waals surface area contributed by atoms with Gasteiger partial charge in [0.2, 0.25) is 11.9 Å². The second kappa shape index (κ2) is 18.3. The number of ether oxygens (including phenoxy) is 1. The van der Waals surface area contributed by atoms with E-state index in [1.54, 1.807) is 6.07 Å². The minimum absolute atomic E-state index is 0.0500. The minimum Gasteiger partial charge on any atom is -0.456 e. The summed E-state index contributed by atoms with van der Waals surface area (Å²) in [5.74, 6) is -2.86. The standard InChI is InChI=1S/C78H49N5OSi/c1-3-24-53(25-4-1)85(54-26-5-2-6-27-54,56-45-47-66-72(49-56)84-74-67(46-44-51-43-42-50-22-7-8-29-57(50)73(51)74)78(66)64-36-15-9-30-58(64)59-31-10-16-37-65(59)78)55-28-21-23-52(48-55)75-79-76(82-68-38-17-11-32-60(68)61-33-12-18-39-69(61)82)81-77(80-75)83-70-40-19-13-34-62(70)63-35-14-20-41-71(63)83/h1-49H/i1D,2D,3D,4D,5D,6D,11D,12D,13D,14D,17D,18D,19D,20D,21D,23D,24D,25D,26D,27D,28D,32D,33D,34D,35D,38D,39D,40D,41D,48D. The van der Waals surface area contributed by atoms with Crippen LogP contribution in [0.4, 0.5) is 0 Å². The van der Waals surface area contributed by atoms with Crippen LogP contribution in [0.1, 0.15) is 63.4 Å². The summed E-state index contributed by atoms with van der Waals surface area (Å²) in [7, 11) is -6.25. The molecule has 18 rings (SSSR count). The quantitative estimate of drug-likeness (QED) is 0.0906. The van der Waals surface area contributed by atoms with Crippen LogP contribution in [0.25, 0.3) is 99.6 Å². The monoisotopic (exact) mass is 1130 g/mol. The minimum atomic E-state index is -6.25. The topological polar surface area (TPSA) is 57.8 Å². The Morgan fingerprint density at radius 3 is 1.45 bits per heavy atom. The van der Waals surface area contributed by atoms with E-state index in [0.29, 0.717) is 27.6 Å². The number of hydrogen-bond acceptors (Lipinski definition) is 4. The van der Waals surface area contributed by atoms with E-state index in [9.17, 15) is 27.4 Å². The van der Waals surface area contributed by atoms with Crippen LogP contribution in [0, 0.1) is 0 Å². The summed E-state index contributed by atoms with van der Waals surface area (Å²) >= 11 is 0. The lowest BCUT2D eigenvalue weighted by atomic mass is 9.65. The molecule has 7 heteroatoms. The summed E-state index contributed by atoms with van der Waals surface area (Å²) in [6.07, 6.45) is 0. The maximum absolute atomic E-state index is 11.2. The number of hydrogen-bond donors (Lipinski definition) is 0. The van der Waals surface area contributed by atoms with Crippen molar-refractivity contribution in [3.63, 3.8) is 0 Å². The Kier molecular flexibility index (Phi) is 5.79. The summed E-state index contributed by atoms with van der Waals surface area (Å²) in [4.78, 5) is 14.4. The highest BCUT2D eigenvalue weighted by atomic mass is 28.3. The highest BCUT2D eigenvalue weighted by Crippen LogP contribution is 2.63. The second-order valence-electron chi connectivity index (χ2n) is 20.3. The van der Waals surface area contributed by atoms with Crippen LogP contribution >= 0.6 is 0 Å². The van der Waals surface area contributed by atoms with Gasteiger partial charge in [-0.1, -0.05) is 266 Å². The van der Waals surface area contributed by atoms with E-state index >= 15 is 0 Å². The predicted molar refractivity (Wildman–Crippen MR) is 350 cm³/mol. The van der Waals surface area contributed by atoms with Crippen LogP contribution in [-0.2, 0) is 5.41 Å². The van der Waals surface area contributed by atoms with Crippen LogP contribution in [-0.4, -0.2) is 32.2 Å². The number of rotatable bonds is 7.